The molecule has 1 amide bonds. The number of phenolic OH excluding ortho intramolecular Hbond substituents is 1. The van der Waals surface area contributed by atoms with Crippen molar-refractivity contribution in [3.8, 4) is 17.2 Å². The van der Waals surface area contributed by atoms with Crippen molar-refractivity contribution in [2.45, 2.75) is 11.8 Å². The number of hydrogen-bond donors (Lipinski definition) is 3. The summed E-state index contributed by atoms with van der Waals surface area (Å²) >= 11 is 12.3. The summed E-state index contributed by atoms with van der Waals surface area (Å²) in [5.74, 6) is -0.645. The van der Waals surface area contributed by atoms with Crippen molar-refractivity contribution in [1.29, 1.82) is 0 Å². The second-order valence-electron chi connectivity index (χ2n) is 8.23. The molecule has 0 saturated carbocycles. The third kappa shape index (κ3) is 5.76. The topological polar surface area (TPSA) is 147 Å². The minimum absolute atomic E-state index is 0.115. The molecule has 0 radical (unpaired) electrons. The Labute approximate surface area is 233 Å². The van der Waals surface area contributed by atoms with E-state index in [0.717, 1.165) is 6.07 Å². The van der Waals surface area contributed by atoms with Crippen molar-refractivity contribution in [3.05, 3.63) is 75.8 Å². The fourth-order valence-corrected chi connectivity index (χ4v) is 4.86. The molecule has 0 aliphatic carbocycles. The van der Waals surface area contributed by atoms with Crippen LogP contribution in [-0.4, -0.2) is 38.2 Å². The molecular formula is C26H21Cl2N3O7S. The molecule has 3 N–H and O–H groups in total. The van der Waals surface area contributed by atoms with E-state index in [9.17, 15) is 22.9 Å². The smallest absolute Gasteiger partial charge is 0.296 e. The normalized spacial score (nSPS) is 11.6. The number of phenols is 1. The summed E-state index contributed by atoms with van der Waals surface area (Å²) in [6, 6.07) is 13.5. The first kappa shape index (κ1) is 28.1. The van der Waals surface area contributed by atoms with E-state index in [-0.39, 0.29) is 38.4 Å². The molecule has 0 aromatic heterocycles. The Morgan fingerprint density at radius 1 is 0.949 bits per heavy atom. The van der Waals surface area contributed by atoms with E-state index in [4.69, 9.17) is 32.7 Å². The van der Waals surface area contributed by atoms with E-state index in [1.54, 1.807) is 31.2 Å². The molecule has 0 fully saturated rings. The number of aryl methyl sites for hydroxylation is 1. The Kier molecular flexibility index (Phi) is 7.98. The number of azo groups is 1. The molecular weight excluding hydrogens is 569 g/mol. The Bertz CT molecular complexity index is 1760. The van der Waals surface area contributed by atoms with E-state index in [1.165, 1.54) is 38.5 Å². The van der Waals surface area contributed by atoms with Crippen LogP contribution in [0.4, 0.5) is 17.1 Å². The number of amides is 1. The zero-order chi connectivity index (χ0) is 28.5. The second-order valence-corrected chi connectivity index (χ2v) is 10.4. The average Bonchev–Trinajstić information content (AvgIpc) is 2.89. The van der Waals surface area contributed by atoms with Crippen molar-refractivity contribution in [3.63, 3.8) is 0 Å². The van der Waals surface area contributed by atoms with E-state index in [2.05, 4.69) is 15.5 Å². The van der Waals surface area contributed by atoms with Crippen molar-refractivity contribution in [2.24, 2.45) is 10.2 Å². The first-order valence-electron chi connectivity index (χ1n) is 11.1. The van der Waals surface area contributed by atoms with Crippen molar-refractivity contribution < 1.29 is 32.3 Å². The quantitative estimate of drug-likeness (QED) is 0.154. The summed E-state index contributed by atoms with van der Waals surface area (Å²) in [7, 11) is -1.83. The van der Waals surface area contributed by atoms with Gasteiger partial charge in [-0.15, -0.1) is 10.2 Å². The number of carbonyl (C=O) groups is 1. The third-order valence-electron chi connectivity index (χ3n) is 5.74. The highest BCUT2D eigenvalue weighted by molar-refractivity contribution is 7.86. The fraction of sp³-hybridized carbons (Fsp3) is 0.115. The van der Waals surface area contributed by atoms with E-state index < -0.39 is 26.7 Å². The van der Waals surface area contributed by atoms with Crippen molar-refractivity contribution in [2.75, 3.05) is 19.5 Å². The molecule has 0 unspecified atom stereocenters. The number of rotatable bonds is 7. The Morgan fingerprint density at radius 3 is 2.31 bits per heavy atom. The number of benzene rings is 4. The maximum Gasteiger partial charge on any atom is 0.296 e. The van der Waals surface area contributed by atoms with E-state index in [1.807, 2.05) is 0 Å². The summed E-state index contributed by atoms with van der Waals surface area (Å²) in [4.78, 5) is 12.8. The number of nitrogens with zero attached hydrogens (tertiary/aromatic N) is 2. The minimum Gasteiger partial charge on any atom is -0.505 e. The van der Waals surface area contributed by atoms with Crippen LogP contribution in [0.5, 0.6) is 17.2 Å². The number of aromatic hydroxyl groups is 1. The zero-order valence-electron chi connectivity index (χ0n) is 20.7. The molecule has 39 heavy (non-hydrogen) atoms. The van der Waals surface area contributed by atoms with Gasteiger partial charge < -0.3 is 19.9 Å². The fourth-order valence-electron chi connectivity index (χ4n) is 3.77. The number of halogens is 2. The molecule has 202 valence electrons. The maximum absolute atomic E-state index is 13.3. The van der Waals surface area contributed by atoms with Crippen LogP contribution in [0.2, 0.25) is 10.0 Å². The summed E-state index contributed by atoms with van der Waals surface area (Å²) < 4.78 is 44.0. The van der Waals surface area contributed by atoms with Gasteiger partial charge in [0.2, 0.25) is 0 Å². The van der Waals surface area contributed by atoms with Gasteiger partial charge in [0.15, 0.2) is 5.75 Å². The van der Waals surface area contributed by atoms with Gasteiger partial charge in [0.05, 0.1) is 30.5 Å². The minimum atomic E-state index is -4.67. The van der Waals surface area contributed by atoms with E-state index >= 15 is 0 Å². The monoisotopic (exact) mass is 589 g/mol. The molecule has 4 rings (SSSR count). The van der Waals surface area contributed by atoms with Gasteiger partial charge in [-0.05, 0) is 42.1 Å². The lowest BCUT2D eigenvalue weighted by molar-refractivity contribution is 0.102. The second kappa shape index (κ2) is 11.1. The van der Waals surface area contributed by atoms with E-state index in [0.29, 0.717) is 22.1 Å². The Hall–Kier alpha value is -3.90. The molecule has 0 aliphatic rings. The zero-order valence-corrected chi connectivity index (χ0v) is 23.0. The van der Waals surface area contributed by atoms with Crippen LogP contribution in [0.3, 0.4) is 0 Å². The number of hydrogen-bond acceptors (Lipinski definition) is 8. The molecule has 0 aliphatic heterocycles. The number of carbonyl (C=O) groups excluding carboxylic acids is 1. The van der Waals surface area contributed by atoms with Gasteiger partial charge in [-0.3, -0.25) is 9.35 Å². The number of fused-ring (bicyclic) bond motifs is 1. The SMILES string of the molecule is COc1cc(OC)c(NC(=O)c2cc3ccccc3c(N=Nc3cc(Cl)c(C)cc3S(=O)(=O)O)c2O)cc1Cl. The van der Waals surface area contributed by atoms with Crippen molar-refractivity contribution in [1.82, 2.24) is 0 Å². The highest BCUT2D eigenvalue weighted by atomic mass is 35.5. The van der Waals surface area contributed by atoms with Crippen LogP contribution in [0.1, 0.15) is 15.9 Å². The number of methoxy groups -OCH3 is 2. The summed E-state index contributed by atoms with van der Waals surface area (Å²) in [6.07, 6.45) is 0. The van der Waals surface area contributed by atoms with Crippen LogP contribution < -0.4 is 14.8 Å². The molecule has 0 atom stereocenters. The number of anilines is 1. The van der Waals surface area contributed by atoms with Crippen LogP contribution in [0, 0.1) is 6.92 Å². The van der Waals surface area contributed by atoms with Crippen LogP contribution in [0.25, 0.3) is 10.8 Å². The van der Waals surface area contributed by atoms with Crippen LogP contribution in [-0.2, 0) is 10.1 Å². The molecule has 4 aromatic rings. The third-order valence-corrected chi connectivity index (χ3v) is 7.32. The summed E-state index contributed by atoms with van der Waals surface area (Å²) in [5, 5.41) is 23.2. The molecule has 0 spiro atoms. The average molecular weight is 590 g/mol. The standard InChI is InChI=1S/C26H21Cl2N3O7S/c1-13-8-23(39(34,35)36)20(10-17(13)27)30-31-24-15-7-5-4-6-14(15)9-16(25(24)32)26(33)29-19-11-18(28)21(37-2)12-22(19)38-3/h4-12,32H,1-3H3,(H,29,33)(H,34,35,36). The van der Waals surface area contributed by atoms with Gasteiger partial charge in [-0.2, -0.15) is 8.42 Å². The predicted molar refractivity (Wildman–Crippen MR) is 148 cm³/mol. The Morgan fingerprint density at radius 2 is 1.64 bits per heavy atom. The maximum atomic E-state index is 13.3. The lowest BCUT2D eigenvalue weighted by Gasteiger charge is -2.15. The van der Waals surface area contributed by atoms with Crippen molar-refractivity contribution >= 4 is 67.1 Å². The first-order valence-corrected chi connectivity index (χ1v) is 13.3. The molecule has 4 aromatic carbocycles. The summed E-state index contributed by atoms with van der Waals surface area (Å²) in [5.41, 5.74) is 0.0778. The molecule has 0 bridgehead atoms. The lowest BCUT2D eigenvalue weighted by atomic mass is 10.0. The number of ether oxygens (including phenoxy) is 2. The molecule has 10 nitrogen and oxygen atoms in total. The first-order chi connectivity index (χ1) is 18.4. The largest absolute Gasteiger partial charge is 0.505 e. The van der Waals surface area contributed by atoms with Gasteiger partial charge >= 0.3 is 0 Å². The van der Waals surface area contributed by atoms with Gasteiger partial charge in [0.25, 0.3) is 16.0 Å². The summed E-state index contributed by atoms with van der Waals surface area (Å²) in [6.45, 7) is 1.56. The van der Waals surface area contributed by atoms with Gasteiger partial charge in [-0.1, -0.05) is 47.5 Å². The van der Waals surface area contributed by atoms with Gasteiger partial charge in [0.1, 0.15) is 27.8 Å². The molecule has 0 saturated heterocycles. The lowest BCUT2D eigenvalue weighted by Crippen LogP contribution is -2.13. The van der Waals surface area contributed by atoms with Crippen LogP contribution >= 0.6 is 23.2 Å². The van der Waals surface area contributed by atoms with Gasteiger partial charge in [0, 0.05) is 16.5 Å². The predicted octanol–water partition coefficient (Wildman–Crippen LogP) is 7.09. The molecule has 13 heteroatoms. The Balaban J connectivity index is 1.83. The number of nitrogens with one attached hydrogen (secondary N) is 1. The van der Waals surface area contributed by atoms with Gasteiger partial charge in [-0.25, -0.2) is 0 Å². The molecule has 0 heterocycles. The van der Waals surface area contributed by atoms with Crippen LogP contribution in [0.15, 0.2) is 69.7 Å². The highest BCUT2D eigenvalue weighted by Crippen LogP contribution is 2.42. The highest BCUT2D eigenvalue weighted by Gasteiger charge is 2.22.